The van der Waals surface area contributed by atoms with E-state index in [-0.39, 0.29) is 0 Å². The molecule has 0 bridgehead atoms. The molecule has 0 aliphatic carbocycles. The van der Waals surface area contributed by atoms with Gasteiger partial charge in [-0.15, -0.1) is 0 Å². The van der Waals surface area contributed by atoms with E-state index >= 15 is 0 Å². The Bertz CT molecular complexity index is 121. The molecule has 0 heterocycles. The fourth-order valence-electron chi connectivity index (χ4n) is 1.49. The van der Waals surface area contributed by atoms with Crippen molar-refractivity contribution >= 4 is 0 Å². The number of aliphatic hydroxyl groups is 1. The molecule has 0 saturated heterocycles. The lowest BCUT2D eigenvalue weighted by molar-refractivity contribution is 0.0704. The summed E-state index contributed by atoms with van der Waals surface area (Å²) in [5, 5.41) is 10.1. The summed E-state index contributed by atoms with van der Waals surface area (Å²) in [4.78, 5) is 0. The highest BCUT2D eigenvalue weighted by atomic mass is 16.3. The molecule has 72 valence electrons. The van der Waals surface area contributed by atoms with Crippen molar-refractivity contribution in [2.75, 3.05) is 0 Å². The zero-order valence-electron chi connectivity index (χ0n) is 8.64. The van der Waals surface area contributed by atoms with E-state index in [0.717, 1.165) is 32.1 Å². The first kappa shape index (κ1) is 11.7. The predicted molar refractivity (Wildman–Crippen MR) is 54.2 cm³/mol. The Morgan fingerprint density at radius 3 is 1.92 bits per heavy atom. The van der Waals surface area contributed by atoms with Crippen molar-refractivity contribution in [1.29, 1.82) is 0 Å². The second kappa shape index (κ2) is 6.24. The lowest BCUT2D eigenvalue weighted by atomic mass is 9.92. The minimum absolute atomic E-state index is 0.528. The van der Waals surface area contributed by atoms with Crippen LogP contribution in [0.1, 0.15) is 52.9 Å². The summed E-state index contributed by atoms with van der Waals surface area (Å²) >= 11 is 0. The molecule has 0 aromatic heterocycles. The zero-order chi connectivity index (χ0) is 9.45. The molecule has 0 aromatic rings. The molecular formula is C11H22O. The van der Waals surface area contributed by atoms with Gasteiger partial charge in [0.2, 0.25) is 0 Å². The number of allylic oxidation sites excluding steroid dienone is 1. The molecule has 0 atom stereocenters. The lowest BCUT2D eigenvalue weighted by Crippen LogP contribution is -2.24. The summed E-state index contributed by atoms with van der Waals surface area (Å²) in [5.41, 5.74) is -0.528. The molecule has 0 saturated carbocycles. The smallest absolute Gasteiger partial charge is 0.0827 e. The third kappa shape index (κ3) is 4.55. The fraction of sp³-hybridized carbons (Fsp3) is 0.818. The molecule has 0 rings (SSSR count). The van der Waals surface area contributed by atoms with E-state index in [1.54, 1.807) is 0 Å². The van der Waals surface area contributed by atoms with E-state index in [1.165, 1.54) is 0 Å². The monoisotopic (exact) mass is 170 g/mol. The highest BCUT2D eigenvalue weighted by molar-refractivity contribution is 5.00. The van der Waals surface area contributed by atoms with Gasteiger partial charge in [-0.1, -0.05) is 45.8 Å². The molecule has 0 aliphatic heterocycles. The summed E-state index contributed by atoms with van der Waals surface area (Å²) in [7, 11) is 0. The van der Waals surface area contributed by atoms with Crippen LogP contribution in [0.2, 0.25) is 0 Å². The maximum atomic E-state index is 10.1. The first-order chi connectivity index (χ1) is 5.68. The summed E-state index contributed by atoms with van der Waals surface area (Å²) in [6.07, 6.45) is 8.91. The molecule has 0 spiro atoms. The van der Waals surface area contributed by atoms with Gasteiger partial charge < -0.3 is 5.11 Å². The maximum absolute atomic E-state index is 10.1. The Kier molecular flexibility index (Phi) is 6.09. The van der Waals surface area contributed by atoms with Crippen LogP contribution in [0.15, 0.2) is 12.2 Å². The first-order valence-corrected chi connectivity index (χ1v) is 5.08. The fourth-order valence-corrected chi connectivity index (χ4v) is 1.49. The highest BCUT2D eigenvalue weighted by Crippen LogP contribution is 2.21. The molecular weight excluding hydrogens is 148 g/mol. The van der Waals surface area contributed by atoms with Crippen LogP contribution in [-0.4, -0.2) is 10.7 Å². The van der Waals surface area contributed by atoms with Crippen LogP contribution in [-0.2, 0) is 0 Å². The summed E-state index contributed by atoms with van der Waals surface area (Å²) < 4.78 is 0. The Hall–Kier alpha value is -0.300. The van der Waals surface area contributed by atoms with Gasteiger partial charge in [0.25, 0.3) is 0 Å². The van der Waals surface area contributed by atoms with Crippen LogP contribution < -0.4 is 0 Å². The van der Waals surface area contributed by atoms with Gasteiger partial charge in [0.1, 0.15) is 0 Å². The van der Waals surface area contributed by atoms with Gasteiger partial charge in [0, 0.05) is 0 Å². The van der Waals surface area contributed by atoms with Gasteiger partial charge in [-0.2, -0.15) is 0 Å². The van der Waals surface area contributed by atoms with Crippen molar-refractivity contribution in [3.05, 3.63) is 12.2 Å². The van der Waals surface area contributed by atoms with Crippen molar-refractivity contribution in [3.8, 4) is 0 Å². The van der Waals surface area contributed by atoms with Crippen LogP contribution in [0.3, 0.4) is 0 Å². The van der Waals surface area contributed by atoms with Gasteiger partial charge in [0.15, 0.2) is 0 Å². The van der Waals surface area contributed by atoms with E-state index in [9.17, 15) is 5.11 Å². The molecule has 0 unspecified atom stereocenters. The quantitative estimate of drug-likeness (QED) is 0.606. The highest BCUT2D eigenvalue weighted by Gasteiger charge is 2.20. The molecule has 1 heteroatoms. The van der Waals surface area contributed by atoms with Gasteiger partial charge >= 0.3 is 0 Å². The molecule has 1 N–H and O–H groups in total. The van der Waals surface area contributed by atoms with Crippen molar-refractivity contribution in [2.24, 2.45) is 0 Å². The zero-order valence-corrected chi connectivity index (χ0v) is 8.64. The second-order valence-corrected chi connectivity index (χ2v) is 3.41. The molecule has 0 amide bonds. The normalized spacial score (nSPS) is 12.7. The number of hydrogen-bond acceptors (Lipinski definition) is 1. The van der Waals surface area contributed by atoms with Gasteiger partial charge in [-0.05, 0) is 19.3 Å². The average molecular weight is 170 g/mol. The minimum Gasteiger partial charge on any atom is -0.386 e. The Balaban J connectivity index is 4.06. The number of rotatable bonds is 6. The summed E-state index contributed by atoms with van der Waals surface area (Å²) in [6.45, 7) is 6.32. The van der Waals surface area contributed by atoms with E-state index < -0.39 is 5.60 Å². The van der Waals surface area contributed by atoms with Crippen LogP contribution in [0.25, 0.3) is 0 Å². The summed E-state index contributed by atoms with van der Waals surface area (Å²) in [6, 6.07) is 0. The van der Waals surface area contributed by atoms with Crippen LogP contribution in [0.4, 0.5) is 0 Å². The molecule has 0 aliphatic rings. The van der Waals surface area contributed by atoms with E-state index in [0.29, 0.717) is 0 Å². The van der Waals surface area contributed by atoms with E-state index in [2.05, 4.69) is 26.8 Å². The third-order valence-corrected chi connectivity index (χ3v) is 2.03. The van der Waals surface area contributed by atoms with E-state index in [1.807, 2.05) is 6.08 Å². The largest absolute Gasteiger partial charge is 0.386 e. The maximum Gasteiger partial charge on any atom is 0.0827 e. The molecule has 0 aromatic carbocycles. The van der Waals surface area contributed by atoms with Crippen LogP contribution in [0.5, 0.6) is 0 Å². The van der Waals surface area contributed by atoms with Crippen molar-refractivity contribution in [3.63, 3.8) is 0 Å². The molecule has 0 fully saturated rings. The first-order valence-electron chi connectivity index (χ1n) is 5.08. The number of hydrogen-bond donors (Lipinski definition) is 1. The Morgan fingerprint density at radius 2 is 1.58 bits per heavy atom. The van der Waals surface area contributed by atoms with Crippen molar-refractivity contribution in [2.45, 2.75) is 58.5 Å². The topological polar surface area (TPSA) is 20.2 Å². The summed E-state index contributed by atoms with van der Waals surface area (Å²) in [5.74, 6) is 0. The van der Waals surface area contributed by atoms with Crippen molar-refractivity contribution < 1.29 is 5.11 Å². The van der Waals surface area contributed by atoms with E-state index in [4.69, 9.17) is 0 Å². The Labute approximate surface area is 76.5 Å². The lowest BCUT2D eigenvalue weighted by Gasteiger charge is -2.23. The third-order valence-electron chi connectivity index (χ3n) is 2.03. The molecule has 12 heavy (non-hydrogen) atoms. The predicted octanol–water partition coefficient (Wildman–Crippen LogP) is 3.28. The molecule has 1 nitrogen and oxygen atoms in total. The average Bonchev–Trinajstić information content (AvgIpc) is 2.02. The van der Waals surface area contributed by atoms with Gasteiger partial charge in [-0.25, -0.2) is 0 Å². The van der Waals surface area contributed by atoms with Crippen molar-refractivity contribution in [1.82, 2.24) is 0 Å². The van der Waals surface area contributed by atoms with Gasteiger partial charge in [0.05, 0.1) is 5.60 Å². The minimum atomic E-state index is -0.528. The van der Waals surface area contributed by atoms with Crippen LogP contribution >= 0.6 is 0 Å². The van der Waals surface area contributed by atoms with Gasteiger partial charge in [-0.3, -0.25) is 0 Å². The Morgan fingerprint density at radius 1 is 1.08 bits per heavy atom. The second-order valence-electron chi connectivity index (χ2n) is 3.41. The SMILES string of the molecule is CC/C=C/C(O)(CCC)CCC. The standard InChI is InChI=1S/C11H22O/c1-4-7-10-11(12,8-5-2)9-6-3/h7,10,12H,4-6,8-9H2,1-3H3/b10-7+. The molecule has 0 radical (unpaired) electrons. The van der Waals surface area contributed by atoms with Crippen LogP contribution in [0, 0.1) is 0 Å².